The van der Waals surface area contributed by atoms with Gasteiger partial charge < -0.3 is 15.2 Å². The normalized spacial score (nSPS) is 17.4. The highest BCUT2D eigenvalue weighted by Crippen LogP contribution is 2.29. The Morgan fingerprint density at radius 3 is 2.60 bits per heavy atom. The molecular weight excluding hydrogens is 320 g/mol. The molecule has 8 heteroatoms. The lowest BCUT2D eigenvalue weighted by Crippen LogP contribution is -2.57. The first-order valence-electron chi connectivity index (χ1n) is 8.57. The molecule has 0 aliphatic carbocycles. The third-order valence-electron chi connectivity index (χ3n) is 5.12. The predicted octanol–water partition coefficient (Wildman–Crippen LogP) is 1.22. The number of piperidine rings is 1. The van der Waals surface area contributed by atoms with E-state index in [0.717, 1.165) is 55.3 Å². The first kappa shape index (κ1) is 17.5. The minimum Gasteiger partial charge on any atom is -0.361 e. The summed E-state index contributed by atoms with van der Waals surface area (Å²) in [5, 5.41) is 14.4. The average Bonchev–Trinajstić information content (AvgIpc) is 3.15. The molecule has 2 aromatic heterocycles. The zero-order valence-corrected chi connectivity index (χ0v) is 15.3. The van der Waals surface area contributed by atoms with Crippen LogP contribution in [0.25, 0.3) is 0 Å². The number of nitrogens with zero attached hydrogens (tertiary/aromatic N) is 4. The maximum atomic E-state index is 12.6. The summed E-state index contributed by atoms with van der Waals surface area (Å²) >= 11 is 0. The quantitative estimate of drug-likeness (QED) is 0.846. The van der Waals surface area contributed by atoms with E-state index in [9.17, 15) is 4.79 Å². The van der Waals surface area contributed by atoms with Gasteiger partial charge in [-0.1, -0.05) is 5.16 Å². The summed E-state index contributed by atoms with van der Waals surface area (Å²) in [6.07, 6.45) is 3.18. The lowest BCUT2D eigenvalue weighted by Gasteiger charge is -2.41. The molecule has 1 aliphatic heterocycles. The van der Waals surface area contributed by atoms with E-state index in [1.807, 2.05) is 27.0 Å². The van der Waals surface area contributed by atoms with Crippen molar-refractivity contribution >= 4 is 11.7 Å². The van der Waals surface area contributed by atoms with Crippen LogP contribution in [0.3, 0.4) is 0 Å². The van der Waals surface area contributed by atoms with Crippen LogP contribution in [-0.4, -0.2) is 51.4 Å². The number of nitrogens with one attached hydrogen (secondary N) is 2. The van der Waals surface area contributed by atoms with E-state index in [1.54, 1.807) is 17.9 Å². The first-order chi connectivity index (χ1) is 11.9. The minimum atomic E-state index is -0.613. The summed E-state index contributed by atoms with van der Waals surface area (Å²) in [5.74, 6) is 1.74. The van der Waals surface area contributed by atoms with Crippen molar-refractivity contribution in [3.05, 3.63) is 29.3 Å². The highest BCUT2D eigenvalue weighted by Gasteiger charge is 2.41. The zero-order valence-electron chi connectivity index (χ0n) is 15.3. The third-order valence-corrected chi connectivity index (χ3v) is 5.12. The second-order valence-electron chi connectivity index (χ2n) is 6.71. The number of hydrogen-bond acceptors (Lipinski definition) is 6. The van der Waals surface area contributed by atoms with Crippen LogP contribution in [0.5, 0.6) is 0 Å². The van der Waals surface area contributed by atoms with Gasteiger partial charge in [0, 0.05) is 45.4 Å². The van der Waals surface area contributed by atoms with E-state index >= 15 is 0 Å². The number of anilines is 1. The molecule has 1 fully saturated rings. The molecule has 136 valence electrons. The first-order valence-corrected chi connectivity index (χ1v) is 8.57. The molecule has 0 spiro atoms. The number of aryl methyl sites for hydroxylation is 3. The van der Waals surface area contributed by atoms with Crippen molar-refractivity contribution in [3.63, 3.8) is 0 Å². The van der Waals surface area contributed by atoms with Crippen LogP contribution in [0.2, 0.25) is 0 Å². The smallest absolute Gasteiger partial charge is 0.245 e. The Balaban J connectivity index is 1.71. The third kappa shape index (κ3) is 3.39. The van der Waals surface area contributed by atoms with Crippen molar-refractivity contribution in [2.45, 2.75) is 38.8 Å². The van der Waals surface area contributed by atoms with E-state index in [-0.39, 0.29) is 5.91 Å². The SMILES string of the molecule is CNC(=O)C1(Nc2ccnn2C)CCN(Cc2c(C)noc2C)CC1. The van der Waals surface area contributed by atoms with Gasteiger partial charge in [0.15, 0.2) is 0 Å². The van der Waals surface area contributed by atoms with Gasteiger partial charge in [0.2, 0.25) is 5.91 Å². The summed E-state index contributed by atoms with van der Waals surface area (Å²) in [5.41, 5.74) is 1.47. The summed E-state index contributed by atoms with van der Waals surface area (Å²) in [6, 6.07) is 1.89. The van der Waals surface area contributed by atoms with Crippen LogP contribution in [-0.2, 0) is 18.4 Å². The Labute approximate surface area is 147 Å². The van der Waals surface area contributed by atoms with Crippen molar-refractivity contribution in [1.29, 1.82) is 0 Å². The highest BCUT2D eigenvalue weighted by molar-refractivity contribution is 5.89. The van der Waals surface area contributed by atoms with Crippen LogP contribution >= 0.6 is 0 Å². The number of likely N-dealkylation sites (tertiary alicyclic amines) is 1. The fraction of sp³-hybridized carbons (Fsp3) is 0.588. The van der Waals surface area contributed by atoms with Gasteiger partial charge in [-0.25, -0.2) is 0 Å². The number of amides is 1. The zero-order chi connectivity index (χ0) is 18.0. The number of carbonyl (C=O) groups is 1. The van der Waals surface area contributed by atoms with Gasteiger partial charge in [-0.15, -0.1) is 0 Å². The van der Waals surface area contributed by atoms with Crippen molar-refractivity contribution in [2.24, 2.45) is 7.05 Å². The summed E-state index contributed by atoms with van der Waals surface area (Å²) in [6.45, 7) is 6.36. The van der Waals surface area contributed by atoms with Crippen LogP contribution in [0.4, 0.5) is 5.82 Å². The molecule has 3 heterocycles. The molecule has 0 bridgehead atoms. The van der Waals surface area contributed by atoms with Crippen LogP contribution in [0.15, 0.2) is 16.8 Å². The fourth-order valence-corrected chi connectivity index (χ4v) is 3.43. The Kier molecular flexibility index (Phi) is 4.80. The number of hydrogen-bond donors (Lipinski definition) is 2. The molecule has 1 saturated heterocycles. The molecule has 1 amide bonds. The highest BCUT2D eigenvalue weighted by atomic mass is 16.5. The van der Waals surface area contributed by atoms with E-state index < -0.39 is 5.54 Å². The topological polar surface area (TPSA) is 88.2 Å². The summed E-state index contributed by atoms with van der Waals surface area (Å²) in [7, 11) is 3.55. The lowest BCUT2D eigenvalue weighted by molar-refractivity contribution is -0.126. The maximum Gasteiger partial charge on any atom is 0.245 e. The van der Waals surface area contributed by atoms with Crippen LogP contribution < -0.4 is 10.6 Å². The molecule has 2 aromatic rings. The van der Waals surface area contributed by atoms with Gasteiger partial charge in [-0.2, -0.15) is 5.10 Å². The van der Waals surface area contributed by atoms with Gasteiger partial charge in [0.25, 0.3) is 0 Å². The van der Waals surface area contributed by atoms with E-state index in [0.29, 0.717) is 0 Å². The van der Waals surface area contributed by atoms with E-state index in [1.165, 1.54) is 0 Å². The average molecular weight is 346 g/mol. The Morgan fingerprint density at radius 2 is 2.08 bits per heavy atom. The standard InChI is InChI=1S/C17H26N6O2/c1-12-14(13(2)25-21-12)11-23-9-6-17(7-10-23,16(24)18-3)20-15-5-8-19-22(15)4/h5,8,20H,6-7,9-11H2,1-4H3,(H,18,24). The number of rotatable bonds is 5. The number of likely N-dealkylation sites (N-methyl/N-ethyl adjacent to an activating group) is 1. The number of aromatic nitrogens is 3. The van der Waals surface area contributed by atoms with Gasteiger partial charge in [-0.05, 0) is 26.7 Å². The second-order valence-corrected chi connectivity index (χ2v) is 6.71. The van der Waals surface area contributed by atoms with Gasteiger partial charge in [0.05, 0.1) is 11.9 Å². The van der Waals surface area contributed by atoms with Crippen LogP contribution in [0, 0.1) is 13.8 Å². The molecular formula is C17H26N6O2. The van der Waals surface area contributed by atoms with E-state index in [2.05, 4.69) is 25.8 Å². The Bertz CT molecular complexity index is 723. The second kappa shape index (κ2) is 6.87. The maximum absolute atomic E-state index is 12.6. The molecule has 8 nitrogen and oxygen atoms in total. The lowest BCUT2D eigenvalue weighted by atomic mass is 9.86. The molecule has 0 saturated carbocycles. The molecule has 2 N–H and O–H groups in total. The summed E-state index contributed by atoms with van der Waals surface area (Å²) < 4.78 is 7.00. The fourth-order valence-electron chi connectivity index (χ4n) is 3.43. The van der Waals surface area contributed by atoms with Gasteiger partial charge in [-0.3, -0.25) is 14.4 Å². The van der Waals surface area contributed by atoms with Gasteiger partial charge in [0.1, 0.15) is 17.1 Å². The van der Waals surface area contributed by atoms with Crippen molar-refractivity contribution in [3.8, 4) is 0 Å². The van der Waals surface area contributed by atoms with E-state index in [4.69, 9.17) is 4.52 Å². The number of carbonyl (C=O) groups excluding carboxylic acids is 1. The van der Waals surface area contributed by atoms with Crippen molar-refractivity contribution < 1.29 is 9.32 Å². The minimum absolute atomic E-state index is 0.0192. The molecule has 3 rings (SSSR count). The largest absolute Gasteiger partial charge is 0.361 e. The Morgan fingerprint density at radius 1 is 1.36 bits per heavy atom. The molecule has 0 aromatic carbocycles. The monoisotopic (exact) mass is 346 g/mol. The Hall–Kier alpha value is -2.35. The molecule has 0 atom stereocenters. The summed E-state index contributed by atoms with van der Waals surface area (Å²) in [4.78, 5) is 15.0. The predicted molar refractivity (Wildman–Crippen MR) is 94.1 cm³/mol. The van der Waals surface area contributed by atoms with Crippen molar-refractivity contribution in [1.82, 2.24) is 25.2 Å². The molecule has 1 aliphatic rings. The van der Waals surface area contributed by atoms with Crippen molar-refractivity contribution in [2.75, 3.05) is 25.5 Å². The van der Waals surface area contributed by atoms with Crippen LogP contribution in [0.1, 0.15) is 29.9 Å². The molecule has 0 unspecified atom stereocenters. The molecule has 0 radical (unpaired) electrons. The molecule has 25 heavy (non-hydrogen) atoms. The van der Waals surface area contributed by atoms with Gasteiger partial charge >= 0.3 is 0 Å².